The molecule has 0 bridgehead atoms. The van der Waals surface area contributed by atoms with Crippen molar-refractivity contribution in [3.63, 3.8) is 0 Å². The predicted octanol–water partition coefficient (Wildman–Crippen LogP) is 4.46. The zero-order chi connectivity index (χ0) is 18.8. The SMILES string of the molecule is CCOc1ccccc1NC(=O)C(C)n1nc(C(F)(F)F)c(Cl)c1C. The van der Waals surface area contributed by atoms with Crippen LogP contribution in [0.25, 0.3) is 0 Å². The molecule has 136 valence electrons. The lowest BCUT2D eigenvalue weighted by Crippen LogP contribution is -2.25. The summed E-state index contributed by atoms with van der Waals surface area (Å²) in [6, 6.07) is 5.78. The maximum atomic E-state index is 12.9. The largest absolute Gasteiger partial charge is 0.492 e. The Balaban J connectivity index is 2.27. The molecule has 1 N–H and O–H groups in total. The molecule has 0 aliphatic carbocycles. The highest BCUT2D eigenvalue weighted by atomic mass is 35.5. The van der Waals surface area contributed by atoms with Crippen LogP contribution in [0.5, 0.6) is 5.75 Å². The highest BCUT2D eigenvalue weighted by Crippen LogP contribution is 2.36. The minimum absolute atomic E-state index is 0.0646. The van der Waals surface area contributed by atoms with Crippen LogP contribution in [0.4, 0.5) is 18.9 Å². The van der Waals surface area contributed by atoms with Crippen LogP contribution < -0.4 is 10.1 Å². The Morgan fingerprint density at radius 1 is 1.40 bits per heavy atom. The highest BCUT2D eigenvalue weighted by Gasteiger charge is 2.39. The van der Waals surface area contributed by atoms with Gasteiger partial charge in [-0.15, -0.1) is 0 Å². The minimum Gasteiger partial charge on any atom is -0.492 e. The number of para-hydroxylation sites is 2. The number of amides is 1. The number of ether oxygens (including phenoxy) is 1. The summed E-state index contributed by atoms with van der Waals surface area (Å²) in [7, 11) is 0. The second-order valence-corrected chi connectivity index (χ2v) is 5.66. The van der Waals surface area contributed by atoms with Gasteiger partial charge in [0.2, 0.25) is 5.91 Å². The Kier molecular flexibility index (Phi) is 5.62. The molecule has 2 rings (SSSR count). The second kappa shape index (κ2) is 7.35. The fraction of sp³-hybridized carbons (Fsp3) is 0.375. The van der Waals surface area contributed by atoms with Gasteiger partial charge in [0.05, 0.1) is 23.0 Å². The van der Waals surface area contributed by atoms with Crippen LogP contribution in [-0.2, 0) is 11.0 Å². The molecule has 0 fully saturated rings. The van der Waals surface area contributed by atoms with E-state index in [1.54, 1.807) is 31.2 Å². The fourth-order valence-electron chi connectivity index (χ4n) is 2.26. The van der Waals surface area contributed by atoms with Crippen molar-refractivity contribution in [2.75, 3.05) is 11.9 Å². The van der Waals surface area contributed by atoms with E-state index in [1.165, 1.54) is 13.8 Å². The van der Waals surface area contributed by atoms with Crippen molar-refractivity contribution in [3.05, 3.63) is 40.7 Å². The second-order valence-electron chi connectivity index (χ2n) is 5.28. The number of benzene rings is 1. The summed E-state index contributed by atoms with van der Waals surface area (Å²) in [5.41, 5.74) is -0.719. The molecule has 1 amide bonds. The van der Waals surface area contributed by atoms with Crippen LogP contribution >= 0.6 is 11.6 Å². The van der Waals surface area contributed by atoms with Gasteiger partial charge in [-0.1, -0.05) is 23.7 Å². The van der Waals surface area contributed by atoms with E-state index in [0.717, 1.165) is 4.68 Å². The molecule has 2 aromatic rings. The van der Waals surface area contributed by atoms with Crippen molar-refractivity contribution < 1.29 is 22.7 Å². The lowest BCUT2D eigenvalue weighted by atomic mass is 10.2. The van der Waals surface area contributed by atoms with Crippen molar-refractivity contribution in [1.29, 1.82) is 0 Å². The Bertz CT molecular complexity index is 774. The summed E-state index contributed by atoms with van der Waals surface area (Å²) in [6.07, 6.45) is -4.69. The van der Waals surface area contributed by atoms with Crippen molar-refractivity contribution in [3.8, 4) is 5.75 Å². The van der Waals surface area contributed by atoms with Crippen LogP contribution in [0.15, 0.2) is 24.3 Å². The van der Waals surface area contributed by atoms with Gasteiger partial charge in [-0.3, -0.25) is 9.48 Å². The van der Waals surface area contributed by atoms with Gasteiger partial charge < -0.3 is 10.1 Å². The lowest BCUT2D eigenvalue weighted by molar-refractivity contribution is -0.141. The number of alkyl halides is 3. The number of hydrogen-bond acceptors (Lipinski definition) is 3. The Morgan fingerprint density at radius 2 is 2.04 bits per heavy atom. The summed E-state index contributed by atoms with van der Waals surface area (Å²) < 4.78 is 45.1. The molecule has 0 saturated heterocycles. The van der Waals surface area contributed by atoms with Gasteiger partial charge in [0.25, 0.3) is 0 Å². The molecule has 1 aromatic heterocycles. The van der Waals surface area contributed by atoms with Crippen molar-refractivity contribution >= 4 is 23.2 Å². The summed E-state index contributed by atoms with van der Waals surface area (Å²) in [4.78, 5) is 12.4. The molecule has 0 radical (unpaired) electrons. The van der Waals surface area contributed by atoms with Crippen molar-refractivity contribution in [2.45, 2.75) is 33.0 Å². The zero-order valence-corrected chi connectivity index (χ0v) is 14.6. The minimum atomic E-state index is -4.69. The number of halogens is 4. The number of anilines is 1. The van der Waals surface area contributed by atoms with Gasteiger partial charge in [-0.25, -0.2) is 0 Å². The monoisotopic (exact) mass is 375 g/mol. The molecule has 0 aliphatic rings. The maximum Gasteiger partial charge on any atom is 0.436 e. The van der Waals surface area contributed by atoms with Gasteiger partial charge in [-0.2, -0.15) is 18.3 Å². The molecule has 0 saturated carbocycles. The molecule has 25 heavy (non-hydrogen) atoms. The first-order valence-corrected chi connectivity index (χ1v) is 7.89. The molecule has 1 heterocycles. The van der Waals surface area contributed by atoms with Crippen molar-refractivity contribution in [2.24, 2.45) is 0 Å². The molecule has 1 atom stereocenters. The zero-order valence-electron chi connectivity index (χ0n) is 13.8. The first-order valence-electron chi connectivity index (χ1n) is 7.51. The van der Waals surface area contributed by atoms with Crippen LogP contribution in [0.3, 0.4) is 0 Å². The fourth-order valence-corrected chi connectivity index (χ4v) is 2.49. The van der Waals surface area contributed by atoms with E-state index in [-0.39, 0.29) is 5.69 Å². The first-order chi connectivity index (χ1) is 11.7. The van der Waals surface area contributed by atoms with E-state index < -0.39 is 28.8 Å². The van der Waals surface area contributed by atoms with Crippen LogP contribution in [-0.4, -0.2) is 22.3 Å². The van der Waals surface area contributed by atoms with E-state index in [1.807, 2.05) is 0 Å². The molecule has 1 aromatic carbocycles. The molecular formula is C16H17ClF3N3O2. The summed E-state index contributed by atoms with van der Waals surface area (Å²) in [6.45, 7) is 5.03. The van der Waals surface area contributed by atoms with E-state index in [0.29, 0.717) is 18.0 Å². The molecule has 0 aliphatic heterocycles. The summed E-state index contributed by atoms with van der Waals surface area (Å²) in [5, 5.41) is 5.60. The van der Waals surface area contributed by atoms with Gasteiger partial charge >= 0.3 is 6.18 Å². The van der Waals surface area contributed by atoms with Crippen LogP contribution in [0, 0.1) is 6.92 Å². The number of aromatic nitrogens is 2. The van der Waals surface area contributed by atoms with Gasteiger partial charge in [-0.05, 0) is 32.9 Å². The third-order valence-corrected chi connectivity index (χ3v) is 3.99. The van der Waals surface area contributed by atoms with Crippen LogP contribution in [0.2, 0.25) is 5.02 Å². The third-order valence-electron chi connectivity index (χ3n) is 3.54. The topological polar surface area (TPSA) is 56.1 Å². The summed E-state index contributed by atoms with van der Waals surface area (Å²) >= 11 is 5.72. The van der Waals surface area contributed by atoms with Crippen LogP contribution in [0.1, 0.15) is 31.3 Å². The third kappa shape index (κ3) is 4.07. The molecule has 5 nitrogen and oxygen atoms in total. The van der Waals surface area contributed by atoms with E-state index in [9.17, 15) is 18.0 Å². The smallest absolute Gasteiger partial charge is 0.436 e. The average Bonchev–Trinajstić information content (AvgIpc) is 2.84. The maximum absolute atomic E-state index is 12.9. The number of carbonyl (C=O) groups excluding carboxylic acids is 1. The van der Waals surface area contributed by atoms with Gasteiger partial charge in [0.1, 0.15) is 11.8 Å². The molecular weight excluding hydrogens is 359 g/mol. The number of hydrogen-bond donors (Lipinski definition) is 1. The lowest BCUT2D eigenvalue weighted by Gasteiger charge is -2.16. The van der Waals surface area contributed by atoms with E-state index in [2.05, 4.69) is 10.4 Å². The normalized spacial score (nSPS) is 12.8. The number of carbonyl (C=O) groups is 1. The average molecular weight is 376 g/mol. The number of nitrogens with zero attached hydrogens (tertiary/aromatic N) is 2. The van der Waals surface area contributed by atoms with E-state index in [4.69, 9.17) is 16.3 Å². The molecule has 0 spiro atoms. The number of nitrogens with one attached hydrogen (secondary N) is 1. The van der Waals surface area contributed by atoms with Gasteiger partial charge in [0.15, 0.2) is 5.69 Å². The van der Waals surface area contributed by atoms with Crippen molar-refractivity contribution in [1.82, 2.24) is 9.78 Å². The van der Waals surface area contributed by atoms with Gasteiger partial charge in [0, 0.05) is 0 Å². The summed E-state index contributed by atoms with van der Waals surface area (Å²) in [5.74, 6) is -0.0695. The highest BCUT2D eigenvalue weighted by molar-refractivity contribution is 6.32. The molecule has 9 heteroatoms. The quantitative estimate of drug-likeness (QED) is 0.839. The standard InChI is InChI=1S/C16H17ClF3N3O2/c1-4-25-12-8-6-5-7-11(12)21-15(24)10(3)23-9(2)13(17)14(22-23)16(18,19)20/h5-8,10H,4H2,1-3H3,(H,21,24). The van der Waals surface area contributed by atoms with E-state index >= 15 is 0 Å². The molecule has 1 unspecified atom stereocenters. The first kappa shape index (κ1) is 19.1. The Labute approximate surface area is 147 Å². The number of rotatable bonds is 5. The Morgan fingerprint density at radius 3 is 2.60 bits per heavy atom. The Hall–Kier alpha value is -2.22. The predicted molar refractivity (Wildman–Crippen MR) is 87.9 cm³/mol.